The summed E-state index contributed by atoms with van der Waals surface area (Å²) in [5.74, 6) is 0.891. The fourth-order valence-electron chi connectivity index (χ4n) is 0.875. The third-order valence-corrected chi connectivity index (χ3v) is 2.40. The maximum atomic E-state index is 5.31. The normalized spacial score (nSPS) is 39.8. The third-order valence-electron chi connectivity index (χ3n) is 1.37. The maximum Gasteiger partial charge on any atom is 0.0927 e. The summed E-state index contributed by atoms with van der Waals surface area (Å²) in [6, 6.07) is 0. The van der Waals surface area contributed by atoms with Crippen LogP contribution in [-0.4, -0.2) is 17.3 Å². The molecule has 0 aromatic rings. The topological polar surface area (TPSA) is 9.23 Å². The molecule has 0 unspecified atom stereocenters. The van der Waals surface area contributed by atoms with Crippen molar-refractivity contribution in [3.63, 3.8) is 0 Å². The fraction of sp³-hybridized carbons (Fsp3) is 1.00. The summed E-state index contributed by atoms with van der Waals surface area (Å²) in [5, 5.41) is 0.804. The molecule has 1 saturated heterocycles. The van der Waals surface area contributed by atoms with E-state index in [1.807, 2.05) is 11.8 Å². The van der Waals surface area contributed by atoms with Crippen LogP contribution in [0.4, 0.5) is 0 Å². The quantitative estimate of drug-likeness (QED) is 0.497. The Bertz CT molecular complexity index is 66.9. The molecule has 1 aliphatic rings. The molecule has 0 aromatic carbocycles. The van der Waals surface area contributed by atoms with Gasteiger partial charge < -0.3 is 4.74 Å². The van der Waals surface area contributed by atoms with E-state index in [1.54, 1.807) is 0 Å². The van der Waals surface area contributed by atoms with Crippen molar-refractivity contribution in [1.29, 1.82) is 0 Å². The predicted octanol–water partition coefficient (Wildman–Crippen LogP) is 1.87. The van der Waals surface area contributed by atoms with Crippen molar-refractivity contribution in [3.8, 4) is 0 Å². The van der Waals surface area contributed by atoms with Crippen LogP contribution in [0.5, 0.6) is 0 Å². The van der Waals surface area contributed by atoms with Gasteiger partial charge in [0.15, 0.2) is 0 Å². The Kier molecular flexibility index (Phi) is 2.20. The van der Waals surface area contributed by atoms with Gasteiger partial charge in [0.2, 0.25) is 0 Å². The lowest BCUT2D eigenvalue weighted by atomic mass is 10.2. The number of ether oxygens (including phenoxy) is 1. The molecule has 48 valence electrons. The van der Waals surface area contributed by atoms with Crippen LogP contribution in [0, 0.1) is 0 Å². The Morgan fingerprint density at radius 1 is 1.50 bits per heavy atom. The smallest absolute Gasteiger partial charge is 0.0927 e. The van der Waals surface area contributed by atoms with E-state index in [4.69, 9.17) is 4.74 Å². The molecule has 1 fully saturated rings. The second kappa shape index (κ2) is 2.74. The molecule has 0 N–H and O–H groups in total. The highest BCUT2D eigenvalue weighted by Gasteiger charge is 2.14. The molecule has 0 radical (unpaired) electrons. The predicted molar refractivity (Wildman–Crippen MR) is 37.1 cm³/mol. The minimum atomic E-state index is 0.492. The summed E-state index contributed by atoms with van der Waals surface area (Å²) in [6.07, 6.45) is 1.70. The van der Waals surface area contributed by atoms with Gasteiger partial charge in [-0.15, -0.1) is 11.8 Å². The maximum absolute atomic E-state index is 5.31. The number of hydrogen-bond acceptors (Lipinski definition) is 2. The first kappa shape index (κ1) is 6.43. The molecule has 0 aliphatic carbocycles. The van der Waals surface area contributed by atoms with E-state index in [1.165, 1.54) is 6.42 Å². The molecule has 1 heterocycles. The molecule has 1 nitrogen and oxygen atoms in total. The average molecular weight is 132 g/mol. The van der Waals surface area contributed by atoms with Crippen LogP contribution in [0.15, 0.2) is 0 Å². The van der Waals surface area contributed by atoms with Crippen molar-refractivity contribution in [1.82, 2.24) is 0 Å². The summed E-state index contributed by atoms with van der Waals surface area (Å²) < 4.78 is 5.31. The molecule has 2 atom stereocenters. The molecule has 0 amide bonds. The highest BCUT2D eigenvalue weighted by atomic mass is 32.2. The molecular weight excluding hydrogens is 120 g/mol. The van der Waals surface area contributed by atoms with Gasteiger partial charge in [0.1, 0.15) is 0 Å². The lowest BCUT2D eigenvalue weighted by Gasteiger charge is -2.23. The van der Waals surface area contributed by atoms with Gasteiger partial charge in [0.25, 0.3) is 0 Å². The van der Waals surface area contributed by atoms with Crippen molar-refractivity contribution in [2.45, 2.75) is 31.6 Å². The summed E-state index contributed by atoms with van der Waals surface area (Å²) in [7, 11) is 0. The Labute approximate surface area is 54.8 Å². The van der Waals surface area contributed by atoms with Crippen molar-refractivity contribution in [2.24, 2.45) is 0 Å². The Hall–Kier alpha value is 0.310. The van der Waals surface area contributed by atoms with Crippen LogP contribution < -0.4 is 0 Å². The van der Waals surface area contributed by atoms with Gasteiger partial charge in [0, 0.05) is 5.25 Å². The van der Waals surface area contributed by atoms with E-state index < -0.39 is 0 Å². The second-order valence-electron chi connectivity index (χ2n) is 2.31. The van der Waals surface area contributed by atoms with E-state index >= 15 is 0 Å². The minimum Gasteiger partial charge on any atom is -0.368 e. The largest absolute Gasteiger partial charge is 0.368 e. The van der Waals surface area contributed by atoms with Crippen molar-refractivity contribution in [2.75, 3.05) is 5.94 Å². The van der Waals surface area contributed by atoms with E-state index in [0.717, 1.165) is 11.2 Å². The highest BCUT2D eigenvalue weighted by molar-refractivity contribution is 7.99. The van der Waals surface area contributed by atoms with E-state index in [-0.39, 0.29) is 0 Å². The summed E-state index contributed by atoms with van der Waals surface area (Å²) in [6.45, 7) is 4.39. The van der Waals surface area contributed by atoms with Gasteiger partial charge >= 0.3 is 0 Å². The minimum absolute atomic E-state index is 0.492. The van der Waals surface area contributed by atoms with Crippen molar-refractivity contribution in [3.05, 3.63) is 0 Å². The van der Waals surface area contributed by atoms with Crippen LogP contribution in [0.2, 0.25) is 0 Å². The van der Waals surface area contributed by atoms with Gasteiger partial charge in [0.05, 0.1) is 12.0 Å². The van der Waals surface area contributed by atoms with Gasteiger partial charge in [-0.3, -0.25) is 0 Å². The first-order valence-corrected chi connectivity index (χ1v) is 4.07. The molecule has 0 spiro atoms. The van der Waals surface area contributed by atoms with Gasteiger partial charge in [-0.2, -0.15) is 0 Å². The van der Waals surface area contributed by atoms with Crippen LogP contribution in [-0.2, 0) is 4.74 Å². The zero-order chi connectivity index (χ0) is 5.98. The van der Waals surface area contributed by atoms with Crippen LogP contribution in [0.3, 0.4) is 0 Å². The lowest BCUT2D eigenvalue weighted by Crippen LogP contribution is -2.19. The highest BCUT2D eigenvalue weighted by Crippen LogP contribution is 2.23. The molecule has 2 heteroatoms. The molecule has 8 heavy (non-hydrogen) atoms. The fourth-order valence-corrected chi connectivity index (χ4v) is 1.83. The molecule has 1 rings (SSSR count). The van der Waals surface area contributed by atoms with E-state index in [0.29, 0.717) is 6.10 Å². The SMILES string of the molecule is C[C@@H]1C[C@H](C)OCS1. The molecule has 0 bridgehead atoms. The van der Waals surface area contributed by atoms with Gasteiger partial charge in [-0.25, -0.2) is 0 Å². The Balaban J connectivity index is 2.23. The Morgan fingerprint density at radius 3 is 2.62 bits per heavy atom. The van der Waals surface area contributed by atoms with Crippen LogP contribution >= 0.6 is 11.8 Å². The lowest BCUT2D eigenvalue weighted by molar-refractivity contribution is 0.0895. The standard InChI is InChI=1S/C6H12OS/c1-5-3-6(2)8-4-7-5/h5-6H,3-4H2,1-2H3/t5-,6+/m0/s1. The zero-order valence-electron chi connectivity index (χ0n) is 5.39. The van der Waals surface area contributed by atoms with Gasteiger partial charge in [-0.05, 0) is 13.3 Å². The molecule has 0 saturated carbocycles. The number of thioether (sulfide) groups is 1. The first-order chi connectivity index (χ1) is 3.79. The second-order valence-corrected chi connectivity index (χ2v) is 3.68. The Morgan fingerprint density at radius 2 is 2.25 bits per heavy atom. The van der Waals surface area contributed by atoms with E-state index in [9.17, 15) is 0 Å². The van der Waals surface area contributed by atoms with Crippen LogP contribution in [0.1, 0.15) is 20.3 Å². The average Bonchev–Trinajstić information content (AvgIpc) is 1.64. The van der Waals surface area contributed by atoms with E-state index in [2.05, 4.69) is 13.8 Å². The zero-order valence-corrected chi connectivity index (χ0v) is 6.20. The third kappa shape index (κ3) is 1.67. The molecule has 1 aliphatic heterocycles. The number of rotatable bonds is 0. The van der Waals surface area contributed by atoms with Crippen LogP contribution in [0.25, 0.3) is 0 Å². The number of hydrogen-bond donors (Lipinski definition) is 0. The molecule has 0 aromatic heterocycles. The van der Waals surface area contributed by atoms with Gasteiger partial charge in [-0.1, -0.05) is 6.92 Å². The summed E-state index contributed by atoms with van der Waals surface area (Å²) >= 11 is 1.90. The van der Waals surface area contributed by atoms with Crippen molar-refractivity contribution < 1.29 is 4.74 Å². The monoisotopic (exact) mass is 132 g/mol. The summed E-state index contributed by atoms with van der Waals surface area (Å²) in [5.41, 5.74) is 0. The van der Waals surface area contributed by atoms with Crippen molar-refractivity contribution >= 4 is 11.8 Å². The summed E-state index contributed by atoms with van der Waals surface area (Å²) in [4.78, 5) is 0. The first-order valence-electron chi connectivity index (χ1n) is 3.02. The molecular formula is C6H12OS.